The molecule has 1 aromatic heterocycles. The summed E-state index contributed by atoms with van der Waals surface area (Å²) in [6, 6.07) is 12.0. The van der Waals surface area contributed by atoms with Crippen LogP contribution in [0.25, 0.3) is 10.9 Å². The van der Waals surface area contributed by atoms with Crippen LogP contribution in [-0.2, 0) is 0 Å². The van der Waals surface area contributed by atoms with E-state index < -0.39 is 0 Å². The van der Waals surface area contributed by atoms with E-state index in [0.29, 0.717) is 18.9 Å². The number of nitrogens with zero attached hydrogens (tertiary/aromatic N) is 1. The summed E-state index contributed by atoms with van der Waals surface area (Å²) in [5.74, 6) is 2.39. The number of aromatic amines is 1. The summed E-state index contributed by atoms with van der Waals surface area (Å²) in [7, 11) is 1.65. The number of amides is 1. The van der Waals surface area contributed by atoms with E-state index in [0.717, 1.165) is 65.1 Å². The highest BCUT2D eigenvalue weighted by Gasteiger charge is 2.33. The molecule has 1 N–H and O–H groups in total. The molecule has 6 nitrogen and oxygen atoms in total. The molecule has 1 saturated heterocycles. The van der Waals surface area contributed by atoms with Gasteiger partial charge in [0.25, 0.3) is 5.91 Å². The number of ether oxygens (including phenoxy) is 3. The second-order valence-electron chi connectivity index (χ2n) is 7.95. The van der Waals surface area contributed by atoms with Crippen molar-refractivity contribution in [1.82, 2.24) is 9.88 Å². The standard InChI is InChI=1S/C24H26N2O4/c1-15-18-14-17(28-2)7-8-19(18)25-23(15)24(27)26-10-3-5-20(26)16-6-9-21-22(13-16)30-12-4-11-29-21/h6-9,13-14,20,25H,3-5,10-12H2,1-2H3. The molecule has 0 radical (unpaired) electrons. The lowest BCUT2D eigenvalue weighted by atomic mass is 10.0. The van der Waals surface area contributed by atoms with Gasteiger partial charge >= 0.3 is 0 Å². The highest BCUT2D eigenvalue weighted by molar-refractivity contribution is 6.01. The highest BCUT2D eigenvalue weighted by atomic mass is 16.5. The lowest BCUT2D eigenvalue weighted by Crippen LogP contribution is -2.31. The molecule has 1 amide bonds. The third-order valence-corrected chi connectivity index (χ3v) is 6.15. The van der Waals surface area contributed by atoms with Crippen molar-refractivity contribution in [2.24, 2.45) is 0 Å². The minimum Gasteiger partial charge on any atom is -0.497 e. The maximum absolute atomic E-state index is 13.5. The summed E-state index contributed by atoms with van der Waals surface area (Å²) in [5.41, 5.74) is 3.65. The van der Waals surface area contributed by atoms with Gasteiger partial charge in [-0.25, -0.2) is 0 Å². The van der Waals surface area contributed by atoms with E-state index in [1.165, 1.54) is 0 Å². The second kappa shape index (κ2) is 7.59. The molecule has 3 heterocycles. The van der Waals surface area contributed by atoms with Crippen molar-refractivity contribution in [3.8, 4) is 17.2 Å². The number of rotatable bonds is 3. The minimum absolute atomic E-state index is 0.0370. The van der Waals surface area contributed by atoms with Gasteiger partial charge in [-0.3, -0.25) is 4.79 Å². The predicted octanol–water partition coefficient (Wildman–Crippen LogP) is 4.62. The first-order valence-electron chi connectivity index (χ1n) is 10.5. The van der Waals surface area contributed by atoms with Crippen molar-refractivity contribution < 1.29 is 19.0 Å². The van der Waals surface area contributed by atoms with Gasteiger partial charge in [0.15, 0.2) is 11.5 Å². The molecule has 30 heavy (non-hydrogen) atoms. The number of benzene rings is 2. The van der Waals surface area contributed by atoms with Gasteiger partial charge < -0.3 is 24.1 Å². The Kier molecular flexibility index (Phi) is 4.77. The number of hydrogen-bond acceptors (Lipinski definition) is 4. The fourth-order valence-corrected chi connectivity index (χ4v) is 4.53. The molecule has 1 unspecified atom stereocenters. The summed E-state index contributed by atoms with van der Waals surface area (Å²) in [6.45, 7) is 4.06. The number of nitrogens with one attached hydrogen (secondary N) is 1. The van der Waals surface area contributed by atoms with Crippen molar-refractivity contribution in [1.29, 1.82) is 0 Å². The van der Waals surface area contributed by atoms with Gasteiger partial charge in [-0.1, -0.05) is 6.07 Å². The van der Waals surface area contributed by atoms with E-state index in [9.17, 15) is 4.79 Å². The van der Waals surface area contributed by atoms with E-state index in [1.54, 1.807) is 7.11 Å². The lowest BCUT2D eigenvalue weighted by molar-refractivity contribution is 0.0729. The smallest absolute Gasteiger partial charge is 0.271 e. The van der Waals surface area contributed by atoms with E-state index in [2.05, 4.69) is 11.1 Å². The summed E-state index contributed by atoms with van der Waals surface area (Å²) in [5, 5.41) is 1.02. The summed E-state index contributed by atoms with van der Waals surface area (Å²) in [4.78, 5) is 18.8. The Bertz CT molecular complexity index is 1100. The van der Waals surface area contributed by atoms with Crippen molar-refractivity contribution in [2.45, 2.75) is 32.2 Å². The Hall–Kier alpha value is -3.15. The van der Waals surface area contributed by atoms with Gasteiger partial charge in [0.2, 0.25) is 0 Å². The second-order valence-corrected chi connectivity index (χ2v) is 7.95. The summed E-state index contributed by atoms with van der Waals surface area (Å²) >= 11 is 0. The molecular formula is C24H26N2O4. The largest absolute Gasteiger partial charge is 0.497 e. The number of H-pyrrole nitrogens is 1. The van der Waals surface area contributed by atoms with E-state index in [1.807, 2.05) is 42.2 Å². The zero-order valence-electron chi connectivity index (χ0n) is 17.4. The van der Waals surface area contributed by atoms with Gasteiger partial charge in [0.1, 0.15) is 11.4 Å². The van der Waals surface area contributed by atoms with Gasteiger partial charge in [0.05, 0.1) is 26.4 Å². The average Bonchev–Trinajstić information content (AvgIpc) is 3.31. The van der Waals surface area contributed by atoms with Crippen LogP contribution in [0.1, 0.15) is 46.9 Å². The molecule has 0 spiro atoms. The van der Waals surface area contributed by atoms with E-state index in [4.69, 9.17) is 14.2 Å². The number of aryl methyl sites for hydroxylation is 1. The molecule has 3 aromatic rings. The fraction of sp³-hybridized carbons (Fsp3) is 0.375. The van der Waals surface area contributed by atoms with Crippen LogP contribution in [0.4, 0.5) is 0 Å². The van der Waals surface area contributed by atoms with Gasteiger partial charge in [-0.15, -0.1) is 0 Å². The normalized spacial score (nSPS) is 18.5. The van der Waals surface area contributed by atoms with Crippen LogP contribution in [0.5, 0.6) is 17.2 Å². The first-order valence-corrected chi connectivity index (χ1v) is 10.5. The summed E-state index contributed by atoms with van der Waals surface area (Å²) < 4.78 is 17.0. The SMILES string of the molecule is COc1ccc2[nH]c(C(=O)N3CCCC3c3ccc4c(c3)OCCCO4)c(C)c2c1. The van der Waals surface area contributed by atoms with Crippen LogP contribution in [-0.4, -0.2) is 42.7 Å². The zero-order valence-corrected chi connectivity index (χ0v) is 17.4. The number of carbonyl (C=O) groups is 1. The molecule has 0 aliphatic carbocycles. The van der Waals surface area contributed by atoms with Crippen LogP contribution < -0.4 is 14.2 Å². The number of carbonyl (C=O) groups excluding carboxylic acids is 1. The molecule has 1 fully saturated rings. The Morgan fingerprint density at radius 2 is 1.93 bits per heavy atom. The molecule has 1 atom stereocenters. The van der Waals surface area contributed by atoms with Crippen LogP contribution in [0.15, 0.2) is 36.4 Å². The number of hydrogen-bond donors (Lipinski definition) is 1. The molecule has 5 rings (SSSR count). The number of aromatic nitrogens is 1. The molecule has 0 bridgehead atoms. The van der Waals surface area contributed by atoms with Crippen LogP contribution in [0, 0.1) is 6.92 Å². The van der Waals surface area contributed by atoms with Crippen molar-refractivity contribution in [3.05, 3.63) is 53.2 Å². The molecule has 0 saturated carbocycles. The monoisotopic (exact) mass is 406 g/mol. The van der Waals surface area contributed by atoms with Crippen molar-refractivity contribution in [2.75, 3.05) is 26.9 Å². The maximum Gasteiger partial charge on any atom is 0.271 e. The molecule has 6 heteroatoms. The molecule has 2 aliphatic heterocycles. The Balaban J connectivity index is 1.47. The number of fused-ring (bicyclic) bond motifs is 2. The van der Waals surface area contributed by atoms with Crippen LogP contribution in [0.2, 0.25) is 0 Å². The molecule has 2 aliphatic rings. The maximum atomic E-state index is 13.5. The van der Waals surface area contributed by atoms with Crippen LogP contribution >= 0.6 is 0 Å². The first-order chi connectivity index (χ1) is 14.7. The molecule has 2 aromatic carbocycles. The topological polar surface area (TPSA) is 63.8 Å². The quantitative estimate of drug-likeness (QED) is 0.689. The van der Waals surface area contributed by atoms with E-state index in [-0.39, 0.29) is 11.9 Å². The fourth-order valence-electron chi connectivity index (χ4n) is 4.53. The lowest BCUT2D eigenvalue weighted by Gasteiger charge is -2.25. The zero-order chi connectivity index (χ0) is 20.7. The summed E-state index contributed by atoms with van der Waals surface area (Å²) in [6.07, 6.45) is 2.80. The van der Waals surface area contributed by atoms with Gasteiger partial charge in [-0.2, -0.15) is 0 Å². The average molecular weight is 406 g/mol. The Labute approximate surface area is 175 Å². The molecule has 156 valence electrons. The number of methoxy groups -OCH3 is 1. The molecular weight excluding hydrogens is 380 g/mol. The Morgan fingerprint density at radius 1 is 1.10 bits per heavy atom. The Morgan fingerprint density at radius 3 is 2.77 bits per heavy atom. The van der Waals surface area contributed by atoms with E-state index >= 15 is 0 Å². The van der Waals surface area contributed by atoms with Gasteiger partial charge in [0, 0.05) is 23.9 Å². The van der Waals surface area contributed by atoms with Crippen molar-refractivity contribution in [3.63, 3.8) is 0 Å². The van der Waals surface area contributed by atoms with Crippen LogP contribution in [0.3, 0.4) is 0 Å². The third kappa shape index (κ3) is 3.16. The minimum atomic E-state index is 0.0370. The van der Waals surface area contributed by atoms with Gasteiger partial charge in [-0.05, 0) is 61.2 Å². The first kappa shape index (κ1) is 18.9. The third-order valence-electron chi connectivity index (χ3n) is 6.15. The highest BCUT2D eigenvalue weighted by Crippen LogP contribution is 2.39. The van der Waals surface area contributed by atoms with Crippen molar-refractivity contribution >= 4 is 16.8 Å². The number of likely N-dealkylation sites (tertiary alicyclic amines) is 1. The predicted molar refractivity (Wildman–Crippen MR) is 115 cm³/mol.